The largest absolute Gasteiger partial charge is 0.478 e. The predicted octanol–water partition coefficient (Wildman–Crippen LogP) is -0.963. The van der Waals surface area contributed by atoms with Crippen molar-refractivity contribution in [2.24, 2.45) is 0 Å². The topological polar surface area (TPSA) is 144 Å². The summed E-state index contributed by atoms with van der Waals surface area (Å²) in [6, 6.07) is 0. The summed E-state index contributed by atoms with van der Waals surface area (Å²) in [5, 5.41) is 9.69. The molecule has 0 atom stereocenters. The van der Waals surface area contributed by atoms with Gasteiger partial charge >= 0.3 is 17.9 Å². The van der Waals surface area contributed by atoms with Gasteiger partial charge < -0.3 is 14.6 Å². The molecule has 14 heteroatoms. The first-order valence-electron chi connectivity index (χ1n) is 9.03. The zero-order valence-electron chi connectivity index (χ0n) is 16.6. The van der Waals surface area contributed by atoms with E-state index in [0.717, 1.165) is 0 Å². The standard InChI is InChI=1S/C17H18B4O9S/c18-5-9-10(6-19)12(8-21)15(14(16(23)24)11(9)7-20)17(25)30-2-1-13(22)29-3-4-31(26,27)28/h1-8H2,(H,23,24)(H,26,27,28). The molecule has 0 spiro atoms. The highest BCUT2D eigenvalue weighted by Gasteiger charge is 2.29. The van der Waals surface area contributed by atoms with Gasteiger partial charge in [0.25, 0.3) is 10.1 Å². The van der Waals surface area contributed by atoms with Crippen LogP contribution in [0.5, 0.6) is 0 Å². The average molecular weight is 442 g/mol. The van der Waals surface area contributed by atoms with Crippen molar-refractivity contribution < 1.29 is 41.9 Å². The summed E-state index contributed by atoms with van der Waals surface area (Å²) in [4.78, 5) is 36.2. The first kappa shape index (κ1) is 26.8. The minimum atomic E-state index is -4.29. The second-order valence-electron chi connectivity index (χ2n) is 6.18. The molecule has 0 aliphatic carbocycles. The van der Waals surface area contributed by atoms with Crippen molar-refractivity contribution >= 4 is 59.4 Å². The Morgan fingerprint density at radius 2 is 1.26 bits per heavy atom. The predicted molar refractivity (Wildman–Crippen MR) is 114 cm³/mol. The fraction of sp³-hybridized carbons (Fsp3) is 0.471. The number of aromatic carboxylic acids is 1. The van der Waals surface area contributed by atoms with Crippen LogP contribution in [-0.4, -0.2) is 86.3 Å². The van der Waals surface area contributed by atoms with Crippen molar-refractivity contribution in [3.8, 4) is 0 Å². The minimum Gasteiger partial charge on any atom is -0.478 e. The SMILES string of the molecule is [B]Cc1c(C[B])c(C[B])c(C(=O)OCCC(=O)OCCS(=O)(=O)O)c(C(=O)O)c1C[B]. The molecule has 0 saturated carbocycles. The van der Waals surface area contributed by atoms with Crippen molar-refractivity contribution in [3.05, 3.63) is 33.4 Å². The molecular formula is C17H18B4O9S. The zero-order valence-corrected chi connectivity index (χ0v) is 17.4. The third-order valence-electron chi connectivity index (χ3n) is 4.32. The smallest absolute Gasteiger partial charge is 0.339 e. The van der Waals surface area contributed by atoms with Gasteiger partial charge in [-0.25, -0.2) is 9.59 Å². The van der Waals surface area contributed by atoms with Gasteiger partial charge in [0.15, 0.2) is 0 Å². The molecule has 0 aliphatic heterocycles. The number of hydrogen-bond donors (Lipinski definition) is 2. The van der Waals surface area contributed by atoms with Crippen LogP contribution >= 0.6 is 0 Å². The molecule has 31 heavy (non-hydrogen) atoms. The Morgan fingerprint density at radius 1 is 0.774 bits per heavy atom. The van der Waals surface area contributed by atoms with Crippen LogP contribution in [-0.2, 0) is 49.7 Å². The zero-order chi connectivity index (χ0) is 23.8. The molecular weight excluding hydrogens is 423 g/mol. The summed E-state index contributed by atoms with van der Waals surface area (Å²) >= 11 is 0. The normalized spacial score (nSPS) is 11.1. The van der Waals surface area contributed by atoms with Crippen LogP contribution in [0.1, 0.15) is 49.4 Å². The maximum Gasteiger partial charge on any atom is 0.339 e. The fourth-order valence-corrected chi connectivity index (χ4v) is 3.30. The maximum atomic E-state index is 12.7. The number of carbonyl (C=O) groups is 3. The van der Waals surface area contributed by atoms with E-state index in [0.29, 0.717) is 11.1 Å². The lowest BCUT2D eigenvalue weighted by Crippen LogP contribution is -2.23. The number of carbonyl (C=O) groups excluding carboxylic acids is 2. The van der Waals surface area contributed by atoms with E-state index in [4.69, 9.17) is 40.7 Å². The van der Waals surface area contributed by atoms with Crippen LogP contribution < -0.4 is 0 Å². The van der Waals surface area contributed by atoms with Crippen molar-refractivity contribution in [2.45, 2.75) is 31.7 Å². The molecule has 8 radical (unpaired) electrons. The summed E-state index contributed by atoms with van der Waals surface area (Å²) < 4.78 is 39.3. The van der Waals surface area contributed by atoms with E-state index in [1.54, 1.807) is 0 Å². The van der Waals surface area contributed by atoms with Gasteiger partial charge in [-0.3, -0.25) is 9.35 Å². The molecule has 0 bridgehead atoms. The fourth-order valence-electron chi connectivity index (χ4n) is 3.00. The van der Waals surface area contributed by atoms with Gasteiger partial charge in [0.1, 0.15) is 19.0 Å². The second kappa shape index (κ2) is 12.0. The lowest BCUT2D eigenvalue weighted by atomic mass is 9.72. The summed E-state index contributed by atoms with van der Waals surface area (Å²) in [5.74, 6) is -4.17. The number of esters is 2. The van der Waals surface area contributed by atoms with Gasteiger partial charge in [0, 0.05) is 0 Å². The van der Waals surface area contributed by atoms with Crippen LogP contribution in [0, 0.1) is 0 Å². The Kier molecular flexibility index (Phi) is 10.4. The monoisotopic (exact) mass is 442 g/mol. The van der Waals surface area contributed by atoms with Crippen molar-refractivity contribution in [2.75, 3.05) is 19.0 Å². The average Bonchev–Trinajstić information content (AvgIpc) is 2.69. The summed E-state index contributed by atoms with van der Waals surface area (Å²) in [6.07, 6.45) is -1.05. The first-order valence-corrected chi connectivity index (χ1v) is 10.6. The second-order valence-corrected chi connectivity index (χ2v) is 7.75. The molecule has 158 valence electrons. The van der Waals surface area contributed by atoms with Crippen molar-refractivity contribution in [1.82, 2.24) is 0 Å². The molecule has 1 rings (SSSR count). The number of benzene rings is 1. The molecule has 0 unspecified atom stereocenters. The third kappa shape index (κ3) is 7.17. The number of rotatable bonds is 12. The molecule has 0 aromatic heterocycles. The molecule has 0 fully saturated rings. The minimum absolute atomic E-state index is 0.0723. The van der Waals surface area contributed by atoms with Crippen LogP contribution in [0.25, 0.3) is 0 Å². The van der Waals surface area contributed by atoms with E-state index < -0.39 is 59.0 Å². The Bertz CT molecular complexity index is 948. The van der Waals surface area contributed by atoms with Crippen LogP contribution in [0.4, 0.5) is 0 Å². The Morgan fingerprint density at radius 3 is 1.68 bits per heavy atom. The molecule has 0 heterocycles. The number of carboxylic acid groups (broad SMARTS) is 1. The van der Waals surface area contributed by atoms with E-state index in [1.807, 2.05) is 0 Å². The Labute approximate surface area is 185 Å². The van der Waals surface area contributed by atoms with Gasteiger partial charge in [0.05, 0.1) is 48.9 Å². The van der Waals surface area contributed by atoms with E-state index in [2.05, 4.69) is 4.74 Å². The highest BCUT2D eigenvalue weighted by molar-refractivity contribution is 7.85. The molecule has 9 nitrogen and oxygen atoms in total. The lowest BCUT2D eigenvalue weighted by Gasteiger charge is -2.23. The van der Waals surface area contributed by atoms with Gasteiger partial charge in [-0.05, 0) is 11.1 Å². The lowest BCUT2D eigenvalue weighted by molar-refractivity contribution is -0.143. The van der Waals surface area contributed by atoms with Gasteiger partial charge in [-0.15, -0.1) is 0 Å². The molecule has 1 aromatic rings. The maximum absolute atomic E-state index is 12.7. The summed E-state index contributed by atoms with van der Waals surface area (Å²) in [7, 11) is 18.7. The van der Waals surface area contributed by atoms with E-state index in [1.165, 1.54) is 0 Å². The first-order chi connectivity index (χ1) is 14.5. The number of hydrogen-bond acceptors (Lipinski definition) is 7. The molecule has 1 aromatic carbocycles. The molecule has 0 saturated heterocycles. The Balaban J connectivity index is 3.13. The number of ether oxygens (including phenoxy) is 2. The van der Waals surface area contributed by atoms with Crippen molar-refractivity contribution in [3.63, 3.8) is 0 Å². The van der Waals surface area contributed by atoms with E-state index >= 15 is 0 Å². The van der Waals surface area contributed by atoms with E-state index in [9.17, 15) is 27.9 Å². The van der Waals surface area contributed by atoms with Crippen molar-refractivity contribution in [1.29, 1.82) is 0 Å². The molecule has 2 N–H and O–H groups in total. The highest BCUT2D eigenvalue weighted by Crippen LogP contribution is 2.30. The van der Waals surface area contributed by atoms with Crippen LogP contribution in [0.2, 0.25) is 0 Å². The molecule has 0 amide bonds. The van der Waals surface area contributed by atoms with Crippen LogP contribution in [0.15, 0.2) is 0 Å². The highest BCUT2D eigenvalue weighted by atomic mass is 32.2. The summed E-state index contributed by atoms with van der Waals surface area (Å²) in [6.45, 7) is -1.06. The quantitative estimate of drug-likeness (QED) is 0.238. The van der Waals surface area contributed by atoms with Gasteiger partial charge in [-0.1, -0.05) is 36.4 Å². The summed E-state index contributed by atoms with van der Waals surface area (Å²) in [5.41, 5.74) is 0.338. The van der Waals surface area contributed by atoms with Gasteiger partial charge in [-0.2, -0.15) is 8.42 Å². The number of carboxylic acids is 1. The molecule has 0 aliphatic rings. The van der Waals surface area contributed by atoms with Gasteiger partial charge in [0.2, 0.25) is 0 Å². The van der Waals surface area contributed by atoms with Crippen LogP contribution in [0.3, 0.4) is 0 Å². The Hall–Kier alpha value is -2.20. The third-order valence-corrected chi connectivity index (χ3v) is 5.01. The van der Waals surface area contributed by atoms with E-state index in [-0.39, 0.29) is 42.0 Å².